The molecule has 10 nitrogen and oxygen atoms in total. The second-order valence-electron chi connectivity index (χ2n) is 18.1. The summed E-state index contributed by atoms with van der Waals surface area (Å²) in [5.41, 5.74) is -0.836. The molecule has 0 rings (SSSR count). The molecule has 47 heavy (non-hydrogen) atoms. The van der Waals surface area contributed by atoms with Gasteiger partial charge in [0.15, 0.2) is 33.3 Å². The lowest BCUT2D eigenvalue weighted by atomic mass is 9.92. The average Bonchev–Trinajstić information content (AvgIpc) is 2.75. The lowest BCUT2D eigenvalue weighted by molar-refractivity contribution is -0.0767. The second kappa shape index (κ2) is 18.9. The molecule has 284 valence electrons. The van der Waals surface area contributed by atoms with Crippen LogP contribution in [0.3, 0.4) is 0 Å². The van der Waals surface area contributed by atoms with Gasteiger partial charge in [0, 0.05) is 13.2 Å². The van der Waals surface area contributed by atoms with Crippen LogP contribution in [0.5, 0.6) is 0 Å². The Bertz CT molecular complexity index is 834. The Morgan fingerprint density at radius 3 is 0.936 bits per heavy atom. The highest BCUT2D eigenvalue weighted by molar-refractivity contribution is 6.90. The fraction of sp³-hybridized carbons (Fsp3) is 1.00. The van der Waals surface area contributed by atoms with Gasteiger partial charge in [0.05, 0.1) is 31.8 Å². The van der Waals surface area contributed by atoms with Crippen molar-refractivity contribution in [2.24, 2.45) is 5.41 Å². The molecule has 0 atom stereocenters. The minimum atomic E-state index is -2.36. The van der Waals surface area contributed by atoms with Crippen LogP contribution in [-0.2, 0) is 34.2 Å². The number of aliphatic hydroxyl groups excluding tert-OH is 2. The van der Waals surface area contributed by atoms with Gasteiger partial charge in [-0.1, -0.05) is 0 Å². The van der Waals surface area contributed by atoms with Crippen molar-refractivity contribution in [3.8, 4) is 0 Å². The molecule has 0 bridgehead atoms. The van der Waals surface area contributed by atoms with Crippen molar-refractivity contribution < 1.29 is 44.4 Å². The summed E-state index contributed by atoms with van der Waals surface area (Å²) in [5, 5.41) is 20.3. The number of hydrogen-bond acceptors (Lipinski definition) is 10. The molecule has 0 saturated heterocycles. The van der Waals surface area contributed by atoms with Crippen molar-refractivity contribution in [2.45, 2.75) is 143 Å². The molecule has 0 aliphatic rings. The number of aliphatic hydroxyl groups is 2. The van der Waals surface area contributed by atoms with Gasteiger partial charge < -0.3 is 44.4 Å². The van der Waals surface area contributed by atoms with Gasteiger partial charge in [-0.3, -0.25) is 0 Å². The molecule has 0 unspecified atom stereocenters. The van der Waals surface area contributed by atoms with Gasteiger partial charge in [-0.2, -0.15) is 0 Å². The van der Waals surface area contributed by atoms with Gasteiger partial charge in [0.25, 0.3) is 0 Å². The van der Waals surface area contributed by atoms with E-state index in [1.165, 1.54) is 0 Å². The van der Waals surface area contributed by atoms with Crippen molar-refractivity contribution in [1.82, 2.24) is 0 Å². The van der Waals surface area contributed by atoms with Crippen LogP contribution in [0.25, 0.3) is 0 Å². The van der Waals surface area contributed by atoms with E-state index >= 15 is 0 Å². The van der Waals surface area contributed by atoms with Crippen molar-refractivity contribution in [2.75, 3.05) is 39.6 Å². The normalized spacial score (nSPS) is 15.1. The fourth-order valence-corrected chi connectivity index (χ4v) is 43.1. The fourth-order valence-electron chi connectivity index (χ4n) is 6.23. The maximum absolute atomic E-state index is 10.2. The molecule has 0 aromatic carbocycles. The summed E-state index contributed by atoms with van der Waals surface area (Å²) in [6.45, 7) is 40.2. The Morgan fingerprint density at radius 1 is 0.404 bits per heavy atom. The van der Waals surface area contributed by atoms with Crippen LogP contribution in [0.1, 0.15) is 12.8 Å². The Labute approximate surface area is 298 Å². The molecule has 2 N–H and O–H groups in total. The van der Waals surface area contributed by atoms with Gasteiger partial charge in [0.2, 0.25) is 0 Å². The van der Waals surface area contributed by atoms with Crippen molar-refractivity contribution >= 4 is 67.5 Å². The second-order valence-corrected chi connectivity index (χ2v) is 50.7. The quantitative estimate of drug-likeness (QED) is 0.0665. The Hall–Kier alpha value is 1.34. The van der Waals surface area contributed by atoms with Crippen molar-refractivity contribution in [1.29, 1.82) is 0 Å². The molecule has 0 radical (unpaired) electrons. The number of ether oxygens (including phenoxy) is 2. The predicted octanol–water partition coefficient (Wildman–Crippen LogP) is 7.76. The molecule has 0 spiro atoms. The average molecular weight is 810 g/mol. The maximum atomic E-state index is 10.2. The van der Waals surface area contributed by atoms with E-state index in [0.717, 1.165) is 24.9 Å². The monoisotopic (exact) mass is 808 g/mol. The summed E-state index contributed by atoms with van der Waals surface area (Å²) in [4.78, 5) is 0. The van der Waals surface area contributed by atoms with E-state index in [2.05, 4.69) is 118 Å². The molecule has 0 aliphatic heterocycles. The molecule has 0 aliphatic carbocycles. The Morgan fingerprint density at radius 2 is 0.681 bits per heavy atom. The van der Waals surface area contributed by atoms with E-state index in [1.807, 2.05) is 0 Å². The largest absolute Gasteiger partial charge is 0.437 e. The first-order chi connectivity index (χ1) is 20.8. The number of rotatable bonds is 26. The first kappa shape index (κ1) is 48.3. The highest BCUT2D eigenvalue weighted by atomic mass is 28.5. The van der Waals surface area contributed by atoms with Crippen LogP contribution in [0.4, 0.5) is 0 Å². The zero-order chi connectivity index (χ0) is 37.2. The molecular formula is C29H76O10Si8. The molecule has 0 fully saturated rings. The minimum Gasteiger partial charge on any atom is -0.437 e. The summed E-state index contributed by atoms with van der Waals surface area (Å²) in [6.07, 6.45) is 1.69. The minimum absolute atomic E-state index is 0.206. The van der Waals surface area contributed by atoms with Crippen LogP contribution < -0.4 is 0 Å². The maximum Gasteiger partial charge on any atom is 0.312 e. The van der Waals surface area contributed by atoms with Gasteiger partial charge in [-0.25, -0.2) is 0 Å². The molecule has 0 aromatic rings. The first-order valence-electron chi connectivity index (χ1n) is 17.4. The van der Waals surface area contributed by atoms with E-state index in [9.17, 15) is 10.2 Å². The molecule has 0 heterocycles. The number of hydrogen-bond donors (Lipinski definition) is 2. The summed E-state index contributed by atoms with van der Waals surface area (Å²) in [6, 6.07) is 1.87. The van der Waals surface area contributed by atoms with Crippen LogP contribution in [-0.4, -0.2) is 117 Å². The smallest absolute Gasteiger partial charge is 0.312 e. The lowest BCUT2D eigenvalue weighted by Crippen LogP contribution is -2.55. The van der Waals surface area contributed by atoms with Gasteiger partial charge in [-0.05, 0) is 143 Å². The SMILES string of the molecule is C[Si](C)(C)O[Si](C)(C)O[Si](C)(C)O[Si](C)(C)CCCOCC(CO)(CO)COCCC[Si](C)(C)O[Si](C)(C)O[Si](C)(C)O[Si](C)(C)C. The standard InChI is InChI=1S/C29H76O10Si8/c1-40(2,3)34-44(11,12)38-46(15,16)36-42(7,8)23-19-21-32-27-29(25-30,26-31)28-33-22-20-24-43(9,10)37-47(17,18)39-45(13,14)35-41(4,5)6/h30-31H,19-28H2,1-18H3. The summed E-state index contributed by atoms with van der Waals surface area (Å²) in [5.74, 6) is 0. The zero-order valence-electron chi connectivity index (χ0n) is 33.7. The van der Waals surface area contributed by atoms with E-state index in [1.54, 1.807) is 0 Å². The third-order valence-electron chi connectivity index (χ3n) is 6.75. The van der Waals surface area contributed by atoms with Gasteiger partial charge >= 0.3 is 34.2 Å². The molecule has 0 saturated carbocycles. The topological polar surface area (TPSA) is 114 Å². The highest BCUT2D eigenvalue weighted by Gasteiger charge is 2.44. The summed E-state index contributed by atoms with van der Waals surface area (Å²) in [7, 11) is -16.7. The van der Waals surface area contributed by atoms with Crippen LogP contribution in [0.15, 0.2) is 0 Å². The third kappa shape index (κ3) is 24.3. The summed E-state index contributed by atoms with van der Waals surface area (Å²) < 4.78 is 51.2. The Balaban J connectivity index is 4.72. The van der Waals surface area contributed by atoms with Crippen LogP contribution in [0, 0.1) is 5.41 Å². The Kier molecular flexibility index (Phi) is 19.4. The van der Waals surface area contributed by atoms with E-state index in [-0.39, 0.29) is 26.4 Å². The van der Waals surface area contributed by atoms with Gasteiger partial charge in [-0.15, -0.1) is 0 Å². The third-order valence-corrected chi connectivity index (χ3v) is 34.9. The predicted molar refractivity (Wildman–Crippen MR) is 215 cm³/mol. The molecule has 18 heteroatoms. The van der Waals surface area contributed by atoms with Crippen LogP contribution in [0.2, 0.25) is 130 Å². The van der Waals surface area contributed by atoms with Crippen LogP contribution >= 0.6 is 0 Å². The molecule has 0 amide bonds. The van der Waals surface area contributed by atoms with Crippen molar-refractivity contribution in [3.05, 3.63) is 0 Å². The first-order valence-corrected chi connectivity index (χ1v) is 41.7. The van der Waals surface area contributed by atoms with Crippen molar-refractivity contribution in [3.63, 3.8) is 0 Å². The molecular weight excluding hydrogens is 733 g/mol. The van der Waals surface area contributed by atoms with E-state index < -0.39 is 72.9 Å². The zero-order valence-corrected chi connectivity index (χ0v) is 41.7. The van der Waals surface area contributed by atoms with E-state index in [4.69, 9.17) is 34.2 Å². The van der Waals surface area contributed by atoms with E-state index in [0.29, 0.717) is 13.2 Å². The molecule has 0 aromatic heterocycles. The lowest BCUT2D eigenvalue weighted by Gasteiger charge is -2.40. The summed E-state index contributed by atoms with van der Waals surface area (Å²) >= 11 is 0. The van der Waals surface area contributed by atoms with Gasteiger partial charge in [0.1, 0.15) is 0 Å². The highest BCUT2D eigenvalue weighted by Crippen LogP contribution is 2.28.